The van der Waals surface area contributed by atoms with Crippen LogP contribution in [0.2, 0.25) is 0 Å². The van der Waals surface area contributed by atoms with Gasteiger partial charge in [-0.15, -0.1) is 0 Å². The van der Waals surface area contributed by atoms with Gasteiger partial charge in [-0.2, -0.15) is 0 Å². The third kappa shape index (κ3) is 3.81. The highest BCUT2D eigenvalue weighted by Gasteiger charge is 2.70. The minimum atomic E-state index is -0.969. The maximum Gasteiger partial charge on any atom is 0.326 e. The van der Waals surface area contributed by atoms with E-state index in [-0.39, 0.29) is 23.2 Å². The number of fused-ring (bicyclic) bond motifs is 1. The summed E-state index contributed by atoms with van der Waals surface area (Å²) in [6, 6.07) is -2.05. The Hall–Kier alpha value is -1.79. The summed E-state index contributed by atoms with van der Waals surface area (Å²) in [6.07, 6.45) is 0. The van der Waals surface area contributed by atoms with Gasteiger partial charge in [-0.25, -0.2) is 9.59 Å². The molecule has 2 aliphatic rings. The number of piperidine rings is 1. The molecule has 1 aliphatic heterocycles. The second-order valence-corrected chi connectivity index (χ2v) is 10.4. The molecular weight excluding hydrogens is 334 g/mol. The molecule has 1 saturated heterocycles. The Morgan fingerprint density at radius 3 is 2.08 bits per heavy atom. The molecule has 148 valence electrons. The lowest BCUT2D eigenvalue weighted by molar-refractivity contribution is -0.152. The number of nitrogens with zero attached hydrogens (tertiary/aromatic N) is 1. The first-order chi connectivity index (χ1) is 11.6. The normalized spacial score (nSPS) is 28.2. The smallest absolute Gasteiger partial charge is 0.326 e. The van der Waals surface area contributed by atoms with Gasteiger partial charge in [-0.05, 0) is 37.5 Å². The highest BCUT2D eigenvalue weighted by Crippen LogP contribution is 2.64. The van der Waals surface area contributed by atoms with Gasteiger partial charge < -0.3 is 20.6 Å². The molecule has 4 atom stereocenters. The van der Waals surface area contributed by atoms with Gasteiger partial charge in [0.2, 0.25) is 5.91 Å². The van der Waals surface area contributed by atoms with E-state index in [0.717, 1.165) is 0 Å². The molecule has 2 fully saturated rings. The number of hydrogen-bond donors (Lipinski definition) is 3. The quantitative estimate of drug-likeness (QED) is 0.711. The Kier molecular flexibility index (Phi) is 4.84. The van der Waals surface area contributed by atoms with Crippen LogP contribution < -0.4 is 10.6 Å². The number of carbonyl (C=O) groups is 3. The molecule has 3 unspecified atom stereocenters. The zero-order chi connectivity index (χ0) is 20.2. The van der Waals surface area contributed by atoms with Crippen molar-refractivity contribution in [3.8, 4) is 0 Å². The average molecular weight is 367 g/mol. The summed E-state index contributed by atoms with van der Waals surface area (Å²) in [5.74, 6) is -1.11. The van der Waals surface area contributed by atoms with Crippen LogP contribution in [-0.2, 0) is 9.59 Å². The average Bonchev–Trinajstić information content (AvgIpc) is 2.81. The lowest BCUT2D eigenvalue weighted by Gasteiger charge is -2.37. The zero-order valence-electron chi connectivity index (χ0n) is 17.1. The highest BCUT2D eigenvalue weighted by atomic mass is 16.4. The molecule has 1 saturated carbocycles. The molecule has 1 aliphatic carbocycles. The summed E-state index contributed by atoms with van der Waals surface area (Å²) in [5, 5.41) is 15.2. The van der Waals surface area contributed by atoms with Crippen molar-refractivity contribution < 1.29 is 19.5 Å². The van der Waals surface area contributed by atoms with Crippen molar-refractivity contribution in [2.24, 2.45) is 22.7 Å². The lowest BCUT2D eigenvalue weighted by Crippen LogP contribution is -2.60. The molecule has 0 bridgehead atoms. The molecule has 0 aromatic heterocycles. The predicted molar refractivity (Wildman–Crippen MR) is 98.6 cm³/mol. The molecule has 3 N–H and O–H groups in total. The van der Waals surface area contributed by atoms with Crippen molar-refractivity contribution in [3.05, 3.63) is 0 Å². The third-order valence-electron chi connectivity index (χ3n) is 5.62. The van der Waals surface area contributed by atoms with Gasteiger partial charge >= 0.3 is 12.0 Å². The van der Waals surface area contributed by atoms with Gasteiger partial charge in [0.05, 0.1) is 0 Å². The van der Waals surface area contributed by atoms with Crippen molar-refractivity contribution in [1.29, 1.82) is 0 Å². The molecule has 0 aromatic carbocycles. The Morgan fingerprint density at radius 1 is 1.12 bits per heavy atom. The SMILES string of the molecule is CC(C)(C)NC(=O)N[C@H](C(=O)N1CC2C(C1C(=O)O)C2(C)C)C(C)(C)C. The first-order valence-electron chi connectivity index (χ1n) is 9.19. The third-order valence-corrected chi connectivity index (χ3v) is 5.62. The van der Waals surface area contributed by atoms with Crippen LogP contribution in [-0.4, -0.2) is 52.1 Å². The standard InChI is InChI=1S/C19H33N3O4/c1-17(2,3)13(20-16(26)21-18(4,5)6)14(23)22-9-10-11(19(10,7)8)12(22)15(24)25/h10-13H,9H2,1-8H3,(H,24,25)(H2,20,21,26)/t10?,11?,12?,13-/m1/s1. The summed E-state index contributed by atoms with van der Waals surface area (Å²) in [6.45, 7) is 15.7. The van der Waals surface area contributed by atoms with E-state index in [0.29, 0.717) is 6.54 Å². The number of nitrogens with one attached hydrogen (secondary N) is 2. The largest absolute Gasteiger partial charge is 0.480 e. The van der Waals surface area contributed by atoms with Gasteiger partial charge in [0.1, 0.15) is 12.1 Å². The number of rotatable bonds is 3. The molecule has 1 heterocycles. The van der Waals surface area contributed by atoms with E-state index in [2.05, 4.69) is 24.5 Å². The van der Waals surface area contributed by atoms with Crippen molar-refractivity contribution in [2.75, 3.05) is 6.54 Å². The molecule has 7 heteroatoms. The number of hydrogen-bond acceptors (Lipinski definition) is 3. The van der Waals surface area contributed by atoms with E-state index in [1.54, 1.807) is 0 Å². The number of carboxylic acids is 1. The number of carboxylic acid groups (broad SMARTS) is 1. The first-order valence-corrected chi connectivity index (χ1v) is 9.19. The molecule has 0 spiro atoms. The Labute approximate surface area is 155 Å². The van der Waals surface area contributed by atoms with Crippen LogP contribution in [0, 0.1) is 22.7 Å². The molecule has 2 rings (SSSR count). The van der Waals surface area contributed by atoms with E-state index in [1.807, 2.05) is 41.5 Å². The Morgan fingerprint density at radius 2 is 1.65 bits per heavy atom. The summed E-state index contributed by atoms with van der Waals surface area (Å²) in [5.41, 5.74) is -1.02. The van der Waals surface area contributed by atoms with Crippen molar-refractivity contribution in [2.45, 2.75) is 73.0 Å². The van der Waals surface area contributed by atoms with Crippen LogP contribution in [0.25, 0.3) is 0 Å². The lowest BCUT2D eigenvalue weighted by atomic mass is 9.85. The topological polar surface area (TPSA) is 98.7 Å². The molecular formula is C19H33N3O4. The van der Waals surface area contributed by atoms with E-state index >= 15 is 0 Å². The van der Waals surface area contributed by atoms with Crippen LogP contribution in [0.15, 0.2) is 0 Å². The van der Waals surface area contributed by atoms with Crippen molar-refractivity contribution in [1.82, 2.24) is 15.5 Å². The summed E-state index contributed by atoms with van der Waals surface area (Å²) < 4.78 is 0. The molecule has 26 heavy (non-hydrogen) atoms. The van der Waals surface area contributed by atoms with Crippen molar-refractivity contribution in [3.63, 3.8) is 0 Å². The van der Waals surface area contributed by atoms with Crippen LogP contribution in [0.3, 0.4) is 0 Å². The molecule has 0 radical (unpaired) electrons. The fourth-order valence-corrected chi connectivity index (χ4v) is 4.12. The maximum atomic E-state index is 13.2. The zero-order valence-corrected chi connectivity index (χ0v) is 17.1. The summed E-state index contributed by atoms with van der Waals surface area (Å²) in [7, 11) is 0. The fourth-order valence-electron chi connectivity index (χ4n) is 4.12. The number of likely N-dealkylation sites (tertiary alicyclic amines) is 1. The van der Waals surface area contributed by atoms with Crippen LogP contribution in [0.1, 0.15) is 55.4 Å². The van der Waals surface area contributed by atoms with Gasteiger partial charge in [0.15, 0.2) is 0 Å². The number of amides is 3. The molecule has 0 aromatic rings. The van der Waals surface area contributed by atoms with Crippen LogP contribution in [0.5, 0.6) is 0 Å². The first kappa shape index (κ1) is 20.5. The van der Waals surface area contributed by atoms with E-state index in [9.17, 15) is 19.5 Å². The van der Waals surface area contributed by atoms with Crippen LogP contribution in [0.4, 0.5) is 4.79 Å². The highest BCUT2D eigenvalue weighted by molar-refractivity contribution is 5.92. The molecule has 3 amide bonds. The Bertz CT molecular complexity index is 615. The number of carbonyl (C=O) groups excluding carboxylic acids is 2. The minimum absolute atomic E-state index is 0.0204. The minimum Gasteiger partial charge on any atom is -0.480 e. The van der Waals surface area contributed by atoms with Crippen molar-refractivity contribution >= 4 is 17.9 Å². The van der Waals surface area contributed by atoms with Gasteiger partial charge in [-0.3, -0.25) is 4.79 Å². The monoisotopic (exact) mass is 367 g/mol. The van der Waals surface area contributed by atoms with E-state index in [4.69, 9.17) is 0 Å². The van der Waals surface area contributed by atoms with Gasteiger partial charge in [0, 0.05) is 18.0 Å². The van der Waals surface area contributed by atoms with E-state index in [1.165, 1.54) is 4.90 Å². The number of urea groups is 1. The summed E-state index contributed by atoms with van der Waals surface area (Å²) >= 11 is 0. The van der Waals surface area contributed by atoms with E-state index < -0.39 is 35.0 Å². The Balaban J connectivity index is 2.20. The second-order valence-electron chi connectivity index (χ2n) is 10.4. The predicted octanol–water partition coefficient (Wildman–Crippen LogP) is 2.07. The van der Waals surface area contributed by atoms with Crippen LogP contribution >= 0.6 is 0 Å². The molecule has 7 nitrogen and oxygen atoms in total. The summed E-state index contributed by atoms with van der Waals surface area (Å²) in [4.78, 5) is 38.8. The van der Waals surface area contributed by atoms with Gasteiger partial charge in [-0.1, -0.05) is 34.6 Å². The maximum absolute atomic E-state index is 13.2. The van der Waals surface area contributed by atoms with Gasteiger partial charge in [0.25, 0.3) is 0 Å². The second kappa shape index (κ2) is 6.13. The fraction of sp³-hybridized carbons (Fsp3) is 0.842. The number of aliphatic carboxylic acids is 1.